The lowest BCUT2D eigenvalue weighted by atomic mass is 10.2. The van der Waals surface area contributed by atoms with E-state index in [4.69, 9.17) is 13.9 Å². The third-order valence-corrected chi connectivity index (χ3v) is 6.75. The van der Waals surface area contributed by atoms with Crippen LogP contribution in [0.2, 0.25) is 0 Å². The van der Waals surface area contributed by atoms with Gasteiger partial charge in [0.15, 0.2) is 22.2 Å². The van der Waals surface area contributed by atoms with E-state index in [1.54, 1.807) is 30.2 Å². The van der Waals surface area contributed by atoms with Crippen LogP contribution in [0.5, 0.6) is 5.75 Å². The molecule has 0 saturated carbocycles. The minimum atomic E-state index is -0.327. The van der Waals surface area contributed by atoms with Crippen molar-refractivity contribution >= 4 is 43.6 Å². The number of carbonyl (C=O) groups excluding carboxylic acids is 1. The van der Waals surface area contributed by atoms with Gasteiger partial charge in [-0.2, -0.15) is 0 Å². The molecule has 0 N–H and O–H groups in total. The molecule has 9 heteroatoms. The molecule has 2 aromatic heterocycles. The molecule has 3 heterocycles. The van der Waals surface area contributed by atoms with Gasteiger partial charge in [-0.15, -0.1) is 0 Å². The highest BCUT2D eigenvalue weighted by molar-refractivity contribution is 7.22. The van der Waals surface area contributed by atoms with Crippen LogP contribution in [0.1, 0.15) is 17.0 Å². The standard InChI is InChI=1S/C24H24FN3O4S/c1-30-19-5-2-4-16-14-20(32-22(16)19)23(29)28(9-3-8-27-10-12-31-13-11-27)24-26-18-7-6-17(25)15-21(18)33-24/h2,4-7,14-15H,3,8-13H2,1H3. The third kappa shape index (κ3) is 4.57. The maximum Gasteiger partial charge on any atom is 0.295 e. The van der Waals surface area contributed by atoms with Gasteiger partial charge < -0.3 is 13.9 Å². The van der Waals surface area contributed by atoms with Gasteiger partial charge in [0.25, 0.3) is 5.91 Å². The summed E-state index contributed by atoms with van der Waals surface area (Å²) >= 11 is 1.30. The van der Waals surface area contributed by atoms with Crippen molar-refractivity contribution in [3.05, 3.63) is 54.0 Å². The molecule has 1 fully saturated rings. The van der Waals surface area contributed by atoms with Gasteiger partial charge in [-0.05, 0) is 36.8 Å². The second-order valence-corrected chi connectivity index (χ2v) is 8.87. The molecule has 1 aliphatic heterocycles. The summed E-state index contributed by atoms with van der Waals surface area (Å²) in [5, 5.41) is 1.31. The Labute approximate surface area is 194 Å². The first-order valence-electron chi connectivity index (χ1n) is 10.9. The van der Waals surface area contributed by atoms with Crippen LogP contribution in [0.25, 0.3) is 21.2 Å². The Morgan fingerprint density at radius 1 is 1.24 bits per heavy atom. The van der Waals surface area contributed by atoms with E-state index in [1.165, 1.54) is 23.5 Å². The number of nitrogens with zero attached hydrogens (tertiary/aromatic N) is 3. The van der Waals surface area contributed by atoms with Crippen LogP contribution in [0.4, 0.5) is 9.52 Å². The zero-order valence-corrected chi connectivity index (χ0v) is 19.1. The zero-order chi connectivity index (χ0) is 22.8. The van der Waals surface area contributed by atoms with Crippen LogP contribution >= 0.6 is 11.3 Å². The highest BCUT2D eigenvalue weighted by Crippen LogP contribution is 2.33. The summed E-state index contributed by atoms with van der Waals surface area (Å²) in [6.07, 6.45) is 0.763. The number of morpholine rings is 1. The fraction of sp³-hybridized carbons (Fsp3) is 0.333. The molecule has 0 atom stereocenters. The van der Waals surface area contributed by atoms with E-state index in [2.05, 4.69) is 9.88 Å². The number of anilines is 1. The summed E-state index contributed by atoms with van der Waals surface area (Å²) in [7, 11) is 1.57. The van der Waals surface area contributed by atoms with Crippen LogP contribution < -0.4 is 9.64 Å². The number of ether oxygens (including phenoxy) is 2. The first-order chi connectivity index (χ1) is 16.1. The van der Waals surface area contributed by atoms with Gasteiger partial charge in [0, 0.05) is 31.6 Å². The molecule has 2 aromatic carbocycles. The minimum absolute atomic E-state index is 0.214. The van der Waals surface area contributed by atoms with Crippen molar-refractivity contribution in [3.63, 3.8) is 0 Å². The molecular weight excluding hydrogens is 445 g/mol. The third-order valence-electron chi connectivity index (χ3n) is 5.71. The number of furan rings is 1. The molecule has 0 unspecified atom stereocenters. The Bertz CT molecular complexity index is 1280. The lowest BCUT2D eigenvalue weighted by Gasteiger charge is -2.27. The van der Waals surface area contributed by atoms with E-state index in [-0.39, 0.29) is 17.5 Å². The number of rotatable bonds is 7. The molecule has 1 aliphatic rings. The van der Waals surface area contributed by atoms with Gasteiger partial charge in [0.2, 0.25) is 0 Å². The fourth-order valence-electron chi connectivity index (χ4n) is 4.00. The number of methoxy groups -OCH3 is 1. The summed E-state index contributed by atoms with van der Waals surface area (Å²) < 4.78 is 31.1. The molecule has 1 saturated heterocycles. The normalized spacial score (nSPS) is 14.7. The van der Waals surface area contributed by atoms with Gasteiger partial charge in [0.1, 0.15) is 5.82 Å². The maximum atomic E-state index is 13.7. The monoisotopic (exact) mass is 469 g/mol. The maximum absolute atomic E-state index is 13.7. The number of para-hydroxylation sites is 1. The van der Waals surface area contributed by atoms with E-state index >= 15 is 0 Å². The average Bonchev–Trinajstić information content (AvgIpc) is 3.46. The van der Waals surface area contributed by atoms with Crippen LogP contribution in [0.3, 0.4) is 0 Å². The summed E-state index contributed by atoms with van der Waals surface area (Å²) in [6.45, 7) is 4.54. The molecule has 0 spiro atoms. The van der Waals surface area contributed by atoms with Gasteiger partial charge in [-0.1, -0.05) is 23.5 Å². The van der Waals surface area contributed by atoms with Crippen molar-refractivity contribution in [2.24, 2.45) is 0 Å². The van der Waals surface area contributed by atoms with Crippen molar-refractivity contribution in [3.8, 4) is 5.75 Å². The van der Waals surface area contributed by atoms with Gasteiger partial charge in [0.05, 0.1) is 30.5 Å². The molecule has 172 valence electrons. The molecule has 5 rings (SSSR count). The Hall–Kier alpha value is -3.01. The second kappa shape index (κ2) is 9.46. The number of thiazole rings is 1. The number of fused-ring (bicyclic) bond motifs is 2. The van der Waals surface area contributed by atoms with Gasteiger partial charge in [-0.25, -0.2) is 9.37 Å². The quantitative estimate of drug-likeness (QED) is 0.395. The number of amides is 1. The Morgan fingerprint density at radius 2 is 2.09 bits per heavy atom. The van der Waals surface area contributed by atoms with Crippen molar-refractivity contribution in [2.45, 2.75) is 6.42 Å². The van der Waals surface area contributed by atoms with Crippen LogP contribution in [-0.2, 0) is 4.74 Å². The summed E-state index contributed by atoms with van der Waals surface area (Å²) in [5.74, 6) is 0.175. The number of aromatic nitrogens is 1. The summed E-state index contributed by atoms with van der Waals surface area (Å²) in [6, 6.07) is 11.7. The Balaban J connectivity index is 1.44. The lowest BCUT2D eigenvalue weighted by molar-refractivity contribution is 0.0376. The zero-order valence-electron chi connectivity index (χ0n) is 18.3. The van der Waals surface area contributed by atoms with Crippen molar-refractivity contribution < 1.29 is 23.1 Å². The molecule has 0 bridgehead atoms. The number of halogens is 1. The smallest absolute Gasteiger partial charge is 0.295 e. The molecule has 1 amide bonds. The SMILES string of the molecule is COc1cccc2cc(C(=O)N(CCCN3CCOCC3)c3nc4ccc(F)cc4s3)oc12. The molecule has 0 aliphatic carbocycles. The highest BCUT2D eigenvalue weighted by atomic mass is 32.1. The summed E-state index contributed by atoms with van der Waals surface area (Å²) in [4.78, 5) is 22.2. The minimum Gasteiger partial charge on any atom is -0.493 e. The van der Waals surface area contributed by atoms with E-state index in [9.17, 15) is 9.18 Å². The molecular formula is C24H24FN3O4S. The van der Waals surface area contributed by atoms with E-state index < -0.39 is 0 Å². The van der Waals surface area contributed by atoms with Crippen molar-refractivity contribution in [1.29, 1.82) is 0 Å². The molecule has 33 heavy (non-hydrogen) atoms. The molecule has 4 aromatic rings. The van der Waals surface area contributed by atoms with E-state index in [1.807, 2.05) is 12.1 Å². The number of carbonyl (C=O) groups is 1. The van der Waals surface area contributed by atoms with Gasteiger partial charge >= 0.3 is 0 Å². The summed E-state index contributed by atoms with van der Waals surface area (Å²) in [5.41, 5.74) is 1.19. The first-order valence-corrected chi connectivity index (χ1v) is 11.7. The van der Waals surface area contributed by atoms with E-state index in [0.29, 0.717) is 33.2 Å². The second-order valence-electron chi connectivity index (χ2n) is 7.86. The predicted molar refractivity (Wildman–Crippen MR) is 126 cm³/mol. The van der Waals surface area contributed by atoms with Crippen LogP contribution in [0, 0.1) is 5.82 Å². The first kappa shape index (κ1) is 21.8. The Kier molecular flexibility index (Phi) is 6.26. The van der Waals surface area contributed by atoms with Crippen LogP contribution in [-0.4, -0.2) is 62.3 Å². The van der Waals surface area contributed by atoms with Gasteiger partial charge in [-0.3, -0.25) is 14.6 Å². The number of hydrogen-bond donors (Lipinski definition) is 0. The number of benzene rings is 2. The van der Waals surface area contributed by atoms with Crippen molar-refractivity contribution in [2.75, 3.05) is 51.4 Å². The fourth-order valence-corrected chi connectivity index (χ4v) is 5.01. The largest absolute Gasteiger partial charge is 0.493 e. The van der Waals surface area contributed by atoms with Crippen LogP contribution in [0.15, 0.2) is 46.9 Å². The van der Waals surface area contributed by atoms with E-state index in [0.717, 1.165) is 44.7 Å². The topological polar surface area (TPSA) is 68.0 Å². The van der Waals surface area contributed by atoms with Crippen molar-refractivity contribution in [1.82, 2.24) is 9.88 Å². The molecule has 0 radical (unpaired) electrons. The predicted octanol–water partition coefficient (Wildman–Crippen LogP) is 4.56. The Morgan fingerprint density at radius 3 is 2.91 bits per heavy atom. The average molecular weight is 470 g/mol. The molecule has 7 nitrogen and oxygen atoms in total. The highest BCUT2D eigenvalue weighted by Gasteiger charge is 2.25. The number of hydrogen-bond acceptors (Lipinski definition) is 7. The lowest BCUT2D eigenvalue weighted by Crippen LogP contribution is -2.39.